The van der Waals surface area contributed by atoms with Gasteiger partial charge in [-0.1, -0.05) is 18.0 Å². The first-order valence-electron chi connectivity index (χ1n) is 7.29. The van der Waals surface area contributed by atoms with Gasteiger partial charge in [-0.15, -0.1) is 24.8 Å². The standard InChI is InChI=1S/C15H20ClFN2O.2ClH/c16-11-8-12(15(20)13(17)9-11)14(10-2-1-3-10)19-6-4-18-5-7-19;;/h8-10,14,18,20H,1-7H2;2*1H/t14-;;/m1../s1. The number of piperazine rings is 1. The predicted molar refractivity (Wildman–Crippen MR) is 92.1 cm³/mol. The lowest BCUT2D eigenvalue weighted by Crippen LogP contribution is -2.47. The molecule has 0 spiro atoms. The number of hydrogen-bond donors (Lipinski definition) is 2. The van der Waals surface area contributed by atoms with Crippen LogP contribution in [0.25, 0.3) is 0 Å². The highest BCUT2D eigenvalue weighted by molar-refractivity contribution is 6.30. The first kappa shape index (κ1) is 19.8. The van der Waals surface area contributed by atoms with Gasteiger partial charge in [-0.25, -0.2) is 4.39 Å². The van der Waals surface area contributed by atoms with Crippen LogP contribution in [0.5, 0.6) is 5.75 Å². The molecule has 7 heteroatoms. The molecule has 2 aliphatic rings. The summed E-state index contributed by atoms with van der Waals surface area (Å²) < 4.78 is 13.8. The Kier molecular flexibility index (Phi) is 7.69. The van der Waals surface area contributed by atoms with Crippen molar-refractivity contribution in [3.8, 4) is 5.75 Å². The summed E-state index contributed by atoms with van der Waals surface area (Å²) in [5, 5.41) is 13.8. The highest BCUT2D eigenvalue weighted by Crippen LogP contribution is 2.45. The molecule has 0 aromatic heterocycles. The fourth-order valence-corrected chi connectivity index (χ4v) is 3.49. The third kappa shape index (κ3) is 3.98. The van der Waals surface area contributed by atoms with E-state index >= 15 is 0 Å². The highest BCUT2D eigenvalue weighted by atomic mass is 35.5. The number of phenols is 1. The van der Waals surface area contributed by atoms with Crippen molar-refractivity contribution < 1.29 is 9.50 Å². The van der Waals surface area contributed by atoms with E-state index in [9.17, 15) is 9.50 Å². The van der Waals surface area contributed by atoms with Gasteiger partial charge in [-0.3, -0.25) is 4.90 Å². The molecule has 2 fully saturated rings. The lowest BCUT2D eigenvalue weighted by atomic mass is 9.76. The maximum absolute atomic E-state index is 13.8. The molecule has 0 amide bonds. The number of nitrogens with zero attached hydrogens (tertiary/aromatic N) is 1. The van der Waals surface area contributed by atoms with Crippen molar-refractivity contribution >= 4 is 36.4 Å². The van der Waals surface area contributed by atoms with Crippen molar-refractivity contribution in [1.29, 1.82) is 0 Å². The van der Waals surface area contributed by atoms with Gasteiger partial charge in [-0.2, -0.15) is 0 Å². The van der Waals surface area contributed by atoms with Crippen molar-refractivity contribution in [3.63, 3.8) is 0 Å². The molecular weight excluding hydrogens is 350 g/mol. The van der Waals surface area contributed by atoms with Gasteiger partial charge >= 0.3 is 0 Å². The van der Waals surface area contributed by atoms with Crippen molar-refractivity contribution in [2.24, 2.45) is 5.92 Å². The van der Waals surface area contributed by atoms with E-state index < -0.39 is 5.82 Å². The van der Waals surface area contributed by atoms with Crippen LogP contribution in [-0.2, 0) is 0 Å². The van der Waals surface area contributed by atoms with Gasteiger partial charge in [0.05, 0.1) is 0 Å². The quantitative estimate of drug-likeness (QED) is 0.849. The average Bonchev–Trinajstić information content (AvgIpc) is 2.39. The van der Waals surface area contributed by atoms with Crippen molar-refractivity contribution in [3.05, 3.63) is 28.5 Å². The molecule has 2 N–H and O–H groups in total. The average molecular weight is 372 g/mol. The summed E-state index contributed by atoms with van der Waals surface area (Å²) >= 11 is 5.99. The molecular formula is C15H22Cl3FN2O. The zero-order valence-corrected chi connectivity index (χ0v) is 14.6. The lowest BCUT2D eigenvalue weighted by Gasteiger charge is -2.43. The molecule has 3 rings (SSSR count). The maximum Gasteiger partial charge on any atom is 0.166 e. The van der Waals surface area contributed by atoms with Crippen LogP contribution >= 0.6 is 36.4 Å². The smallest absolute Gasteiger partial charge is 0.166 e. The van der Waals surface area contributed by atoms with Crippen LogP contribution in [-0.4, -0.2) is 36.2 Å². The van der Waals surface area contributed by atoms with Crippen molar-refractivity contribution in [2.45, 2.75) is 25.3 Å². The Morgan fingerprint density at radius 3 is 2.41 bits per heavy atom. The largest absolute Gasteiger partial charge is 0.505 e. The molecule has 1 aromatic rings. The van der Waals surface area contributed by atoms with Gasteiger partial charge in [0.25, 0.3) is 0 Å². The summed E-state index contributed by atoms with van der Waals surface area (Å²) in [4.78, 5) is 2.35. The first-order chi connectivity index (χ1) is 9.66. The highest BCUT2D eigenvalue weighted by Gasteiger charge is 2.35. The molecule has 1 aliphatic heterocycles. The first-order valence-corrected chi connectivity index (χ1v) is 7.67. The third-order valence-corrected chi connectivity index (χ3v) is 4.74. The van der Waals surface area contributed by atoms with Crippen LogP contribution in [0, 0.1) is 11.7 Å². The van der Waals surface area contributed by atoms with Gasteiger partial charge in [0.1, 0.15) is 0 Å². The van der Waals surface area contributed by atoms with Crippen LogP contribution in [0.4, 0.5) is 4.39 Å². The van der Waals surface area contributed by atoms with E-state index in [0.717, 1.165) is 39.0 Å². The Balaban J connectivity index is 0.00000121. The maximum atomic E-state index is 13.8. The Bertz CT molecular complexity index is 494. The number of halogens is 4. The van der Waals surface area contributed by atoms with Crippen LogP contribution in [0.1, 0.15) is 30.9 Å². The fourth-order valence-electron chi connectivity index (χ4n) is 3.28. The van der Waals surface area contributed by atoms with Crippen molar-refractivity contribution in [2.75, 3.05) is 26.2 Å². The van der Waals surface area contributed by atoms with E-state index in [1.54, 1.807) is 6.07 Å². The summed E-state index contributed by atoms with van der Waals surface area (Å²) in [7, 11) is 0. The molecule has 0 bridgehead atoms. The van der Waals surface area contributed by atoms with E-state index in [1.807, 2.05) is 0 Å². The van der Waals surface area contributed by atoms with E-state index in [-0.39, 0.29) is 36.6 Å². The van der Waals surface area contributed by atoms with Crippen LogP contribution < -0.4 is 5.32 Å². The molecule has 1 aliphatic carbocycles. The second kappa shape index (κ2) is 8.55. The summed E-state index contributed by atoms with van der Waals surface area (Å²) in [6.07, 6.45) is 3.50. The Labute approximate surface area is 148 Å². The SMILES string of the molecule is Cl.Cl.Oc1c(F)cc(Cl)cc1[C@@H](C1CCC1)N1CCNCC1. The van der Waals surface area contributed by atoms with E-state index in [4.69, 9.17) is 11.6 Å². The van der Waals surface area contributed by atoms with Crippen LogP contribution in [0.15, 0.2) is 12.1 Å². The number of aromatic hydroxyl groups is 1. The predicted octanol–water partition coefficient (Wildman–Crippen LogP) is 3.77. The summed E-state index contributed by atoms with van der Waals surface area (Å²) in [6.45, 7) is 3.73. The van der Waals surface area contributed by atoms with E-state index in [0.29, 0.717) is 16.5 Å². The van der Waals surface area contributed by atoms with Gasteiger partial charge in [0.2, 0.25) is 0 Å². The summed E-state index contributed by atoms with van der Waals surface area (Å²) in [5.74, 6) is -0.353. The molecule has 126 valence electrons. The minimum absolute atomic E-state index is 0. The monoisotopic (exact) mass is 370 g/mol. The molecule has 1 aromatic carbocycles. The number of benzene rings is 1. The zero-order chi connectivity index (χ0) is 14.1. The van der Waals surface area contributed by atoms with E-state index in [2.05, 4.69) is 10.2 Å². The normalized spacial score (nSPS) is 20.5. The Morgan fingerprint density at radius 2 is 1.86 bits per heavy atom. The molecule has 1 heterocycles. The molecule has 0 radical (unpaired) electrons. The second-order valence-corrected chi connectivity index (χ2v) is 6.18. The number of hydrogen-bond acceptors (Lipinski definition) is 3. The van der Waals surface area contributed by atoms with Gasteiger partial charge in [-0.05, 0) is 30.9 Å². The molecule has 1 saturated carbocycles. The number of phenolic OH excluding ortho intramolecular Hbond substituents is 1. The number of rotatable bonds is 3. The van der Waals surface area contributed by atoms with Gasteiger partial charge in [0, 0.05) is 42.8 Å². The van der Waals surface area contributed by atoms with E-state index in [1.165, 1.54) is 12.5 Å². The molecule has 0 unspecified atom stereocenters. The van der Waals surface area contributed by atoms with Crippen LogP contribution in [0.3, 0.4) is 0 Å². The topological polar surface area (TPSA) is 35.5 Å². The Hall–Kier alpha value is -0.260. The minimum atomic E-state index is -0.619. The molecule has 22 heavy (non-hydrogen) atoms. The second-order valence-electron chi connectivity index (χ2n) is 5.75. The van der Waals surface area contributed by atoms with Crippen molar-refractivity contribution in [1.82, 2.24) is 10.2 Å². The summed E-state index contributed by atoms with van der Waals surface area (Å²) in [6, 6.07) is 2.99. The lowest BCUT2D eigenvalue weighted by molar-refractivity contribution is 0.0815. The fraction of sp³-hybridized carbons (Fsp3) is 0.600. The molecule has 1 atom stereocenters. The number of nitrogens with one attached hydrogen (secondary N) is 1. The van der Waals surface area contributed by atoms with Gasteiger partial charge < -0.3 is 10.4 Å². The van der Waals surface area contributed by atoms with Crippen LogP contribution in [0.2, 0.25) is 5.02 Å². The zero-order valence-electron chi connectivity index (χ0n) is 12.2. The van der Waals surface area contributed by atoms with Gasteiger partial charge in [0.15, 0.2) is 11.6 Å². The molecule has 1 saturated heterocycles. The Morgan fingerprint density at radius 1 is 1.23 bits per heavy atom. The molecule has 3 nitrogen and oxygen atoms in total. The third-order valence-electron chi connectivity index (χ3n) is 4.52. The minimum Gasteiger partial charge on any atom is -0.505 e. The summed E-state index contributed by atoms with van der Waals surface area (Å²) in [5.41, 5.74) is 0.654.